The molecule has 2 rings (SSSR count). The van der Waals surface area contributed by atoms with Gasteiger partial charge in [-0.15, -0.1) is 11.3 Å². The minimum atomic E-state index is -0.576. The maximum Gasteiger partial charge on any atom is 0.130 e. The lowest BCUT2D eigenvalue weighted by Gasteiger charge is -2.21. The molecule has 1 heterocycles. The Hall–Kier alpha value is -1.30. The molecular formula is C14H15F2NOS. The van der Waals surface area contributed by atoms with Gasteiger partial charge in [-0.2, -0.15) is 0 Å². The first-order valence-electron chi connectivity index (χ1n) is 5.98. The van der Waals surface area contributed by atoms with Crippen LogP contribution >= 0.6 is 11.3 Å². The number of aliphatic hydroxyl groups is 1. The maximum atomic E-state index is 13.6. The Morgan fingerprint density at radius 1 is 1.16 bits per heavy atom. The van der Waals surface area contributed by atoms with Crippen LogP contribution in [0, 0.1) is 11.6 Å². The van der Waals surface area contributed by atoms with E-state index in [1.807, 2.05) is 22.4 Å². The van der Waals surface area contributed by atoms with Crippen molar-refractivity contribution in [3.05, 3.63) is 57.8 Å². The summed E-state index contributed by atoms with van der Waals surface area (Å²) in [6.07, 6.45) is 0. The van der Waals surface area contributed by atoms with Crippen molar-refractivity contribution in [3.8, 4) is 0 Å². The number of hydrogen-bond acceptors (Lipinski definition) is 3. The fourth-order valence-corrected chi connectivity index (χ4v) is 2.62. The lowest BCUT2D eigenvalue weighted by atomic mass is 10.2. The summed E-state index contributed by atoms with van der Waals surface area (Å²) in [6, 6.07) is 7.54. The van der Waals surface area contributed by atoms with Crippen LogP contribution in [0.15, 0.2) is 35.7 Å². The molecule has 0 aliphatic carbocycles. The monoisotopic (exact) mass is 283 g/mol. The van der Waals surface area contributed by atoms with E-state index in [2.05, 4.69) is 0 Å². The molecule has 0 saturated carbocycles. The van der Waals surface area contributed by atoms with Gasteiger partial charge in [0.25, 0.3) is 0 Å². The second-order valence-electron chi connectivity index (χ2n) is 4.25. The smallest absolute Gasteiger partial charge is 0.130 e. The molecule has 2 aromatic rings. The largest absolute Gasteiger partial charge is 0.395 e. The predicted octanol–water partition coefficient (Wildman–Crippen LogP) is 3.02. The highest BCUT2D eigenvalue weighted by atomic mass is 32.1. The fraction of sp³-hybridized carbons (Fsp3) is 0.286. The second-order valence-corrected chi connectivity index (χ2v) is 5.28. The van der Waals surface area contributed by atoms with Gasteiger partial charge in [0.05, 0.1) is 6.61 Å². The third-order valence-corrected chi connectivity index (χ3v) is 3.65. The van der Waals surface area contributed by atoms with E-state index in [-0.39, 0.29) is 6.61 Å². The molecule has 5 heteroatoms. The number of benzene rings is 1. The van der Waals surface area contributed by atoms with Crippen LogP contribution < -0.4 is 0 Å². The van der Waals surface area contributed by atoms with E-state index >= 15 is 0 Å². The molecule has 0 fully saturated rings. The van der Waals surface area contributed by atoms with E-state index in [9.17, 15) is 8.78 Å². The quantitative estimate of drug-likeness (QED) is 0.881. The van der Waals surface area contributed by atoms with E-state index in [0.717, 1.165) is 10.9 Å². The van der Waals surface area contributed by atoms with Crippen molar-refractivity contribution in [3.63, 3.8) is 0 Å². The van der Waals surface area contributed by atoms with Crippen molar-refractivity contribution in [1.82, 2.24) is 4.90 Å². The van der Waals surface area contributed by atoms with Gasteiger partial charge in [0.15, 0.2) is 0 Å². The Kier molecular flexibility index (Phi) is 5.01. The Balaban J connectivity index is 2.07. The fourth-order valence-electron chi connectivity index (χ4n) is 1.87. The zero-order chi connectivity index (χ0) is 13.7. The summed E-state index contributed by atoms with van der Waals surface area (Å²) in [6.45, 7) is 1.46. The van der Waals surface area contributed by atoms with Crippen LogP contribution in [-0.2, 0) is 13.1 Å². The van der Waals surface area contributed by atoms with Crippen LogP contribution in [0.1, 0.15) is 10.4 Å². The summed E-state index contributed by atoms with van der Waals surface area (Å²) in [5, 5.41) is 11.0. The lowest BCUT2D eigenvalue weighted by Crippen LogP contribution is -2.26. The minimum absolute atomic E-state index is 0.00812. The van der Waals surface area contributed by atoms with Crippen molar-refractivity contribution in [2.45, 2.75) is 13.1 Å². The highest BCUT2D eigenvalue weighted by Crippen LogP contribution is 2.16. The minimum Gasteiger partial charge on any atom is -0.395 e. The molecule has 1 aromatic carbocycles. The molecular weight excluding hydrogens is 268 g/mol. The lowest BCUT2D eigenvalue weighted by molar-refractivity contribution is 0.184. The zero-order valence-electron chi connectivity index (χ0n) is 10.4. The highest BCUT2D eigenvalue weighted by Gasteiger charge is 2.11. The van der Waals surface area contributed by atoms with Gasteiger partial charge in [-0.05, 0) is 17.5 Å². The Morgan fingerprint density at radius 3 is 2.63 bits per heavy atom. The maximum absolute atomic E-state index is 13.6. The third kappa shape index (κ3) is 4.09. The van der Waals surface area contributed by atoms with Gasteiger partial charge in [-0.25, -0.2) is 8.78 Å². The predicted molar refractivity (Wildman–Crippen MR) is 71.9 cm³/mol. The number of hydrogen-bond donors (Lipinski definition) is 1. The summed E-state index contributed by atoms with van der Waals surface area (Å²) in [7, 11) is 0. The van der Waals surface area contributed by atoms with Crippen LogP contribution in [0.4, 0.5) is 8.78 Å². The molecule has 0 unspecified atom stereocenters. The van der Waals surface area contributed by atoms with Crippen molar-refractivity contribution >= 4 is 11.3 Å². The Labute approximate surface area is 114 Å². The van der Waals surface area contributed by atoms with Gasteiger partial charge in [0, 0.05) is 36.1 Å². The zero-order valence-corrected chi connectivity index (χ0v) is 11.2. The molecule has 1 N–H and O–H groups in total. The summed E-state index contributed by atoms with van der Waals surface area (Å²) >= 11 is 1.62. The molecule has 0 spiro atoms. The molecule has 0 bridgehead atoms. The van der Waals surface area contributed by atoms with Crippen LogP contribution in [-0.4, -0.2) is 23.2 Å². The molecule has 0 atom stereocenters. The first-order valence-corrected chi connectivity index (χ1v) is 6.86. The molecule has 0 saturated heterocycles. The van der Waals surface area contributed by atoms with Crippen LogP contribution in [0.3, 0.4) is 0 Å². The van der Waals surface area contributed by atoms with Gasteiger partial charge in [0.2, 0.25) is 0 Å². The van der Waals surface area contributed by atoms with E-state index in [4.69, 9.17) is 5.11 Å². The molecule has 2 nitrogen and oxygen atoms in total. The standard InChI is InChI=1S/C14H15F2NOS/c15-12-4-3-11(14(16)8-12)9-17(5-6-18)10-13-2-1-7-19-13/h1-4,7-8,18H,5-6,9-10H2. The molecule has 0 radical (unpaired) electrons. The van der Waals surface area contributed by atoms with Gasteiger partial charge < -0.3 is 5.11 Å². The van der Waals surface area contributed by atoms with E-state index in [0.29, 0.717) is 25.2 Å². The Morgan fingerprint density at radius 2 is 2.00 bits per heavy atom. The summed E-state index contributed by atoms with van der Waals surface area (Å²) in [5.74, 6) is -1.12. The van der Waals surface area contributed by atoms with E-state index < -0.39 is 11.6 Å². The molecule has 19 heavy (non-hydrogen) atoms. The number of halogens is 2. The summed E-state index contributed by atoms with van der Waals surface area (Å²) in [4.78, 5) is 3.08. The highest BCUT2D eigenvalue weighted by molar-refractivity contribution is 7.09. The summed E-state index contributed by atoms with van der Waals surface area (Å²) < 4.78 is 26.4. The molecule has 0 aliphatic rings. The van der Waals surface area contributed by atoms with E-state index in [1.165, 1.54) is 12.1 Å². The number of aliphatic hydroxyl groups excluding tert-OH is 1. The van der Waals surface area contributed by atoms with Crippen molar-refractivity contribution in [2.24, 2.45) is 0 Å². The van der Waals surface area contributed by atoms with Gasteiger partial charge in [0.1, 0.15) is 11.6 Å². The summed E-state index contributed by atoms with van der Waals surface area (Å²) in [5.41, 5.74) is 0.436. The van der Waals surface area contributed by atoms with E-state index in [1.54, 1.807) is 11.3 Å². The first kappa shape index (κ1) is 14.1. The number of thiophene rings is 1. The van der Waals surface area contributed by atoms with Crippen LogP contribution in [0.25, 0.3) is 0 Å². The van der Waals surface area contributed by atoms with Crippen molar-refractivity contribution in [1.29, 1.82) is 0 Å². The van der Waals surface area contributed by atoms with Gasteiger partial charge in [-0.3, -0.25) is 4.90 Å². The average Bonchev–Trinajstić information content (AvgIpc) is 2.86. The molecule has 1 aromatic heterocycles. The second kappa shape index (κ2) is 6.75. The van der Waals surface area contributed by atoms with Crippen LogP contribution in [0.5, 0.6) is 0 Å². The first-order chi connectivity index (χ1) is 9.19. The third-order valence-electron chi connectivity index (χ3n) is 2.78. The SMILES string of the molecule is OCCN(Cc1cccs1)Cc1ccc(F)cc1F. The topological polar surface area (TPSA) is 23.5 Å². The molecule has 0 aliphatic heterocycles. The van der Waals surface area contributed by atoms with Crippen LogP contribution in [0.2, 0.25) is 0 Å². The molecule has 0 amide bonds. The Bertz CT molecular complexity index is 516. The number of rotatable bonds is 6. The normalized spacial score (nSPS) is 11.2. The van der Waals surface area contributed by atoms with Gasteiger partial charge >= 0.3 is 0 Å². The van der Waals surface area contributed by atoms with Crippen molar-refractivity contribution < 1.29 is 13.9 Å². The van der Waals surface area contributed by atoms with Crippen molar-refractivity contribution in [2.75, 3.05) is 13.2 Å². The average molecular weight is 283 g/mol. The number of nitrogens with zero attached hydrogens (tertiary/aromatic N) is 1. The van der Waals surface area contributed by atoms with Gasteiger partial charge in [-0.1, -0.05) is 12.1 Å². The molecule has 102 valence electrons.